The fourth-order valence-electron chi connectivity index (χ4n) is 3.42. The Hall–Kier alpha value is -0.0400. The lowest BCUT2D eigenvalue weighted by Crippen LogP contribution is -2.30. The maximum absolute atomic E-state index is 6.20. The van der Waals surface area contributed by atoms with Gasteiger partial charge in [0.2, 0.25) is 0 Å². The van der Waals surface area contributed by atoms with Gasteiger partial charge in [0.25, 0.3) is 0 Å². The Morgan fingerprint density at radius 3 is 1.72 bits per heavy atom. The van der Waals surface area contributed by atoms with E-state index in [1.807, 2.05) is 0 Å². The van der Waals surface area contributed by atoms with Gasteiger partial charge in [-0.15, -0.1) is 0 Å². The van der Waals surface area contributed by atoms with Crippen molar-refractivity contribution in [3.63, 3.8) is 0 Å². The van der Waals surface area contributed by atoms with Crippen molar-refractivity contribution >= 4 is 0 Å². The molecule has 0 aromatic carbocycles. The summed E-state index contributed by atoms with van der Waals surface area (Å²) in [4.78, 5) is 0. The van der Waals surface area contributed by atoms with E-state index in [-0.39, 0.29) is 0 Å². The summed E-state index contributed by atoms with van der Waals surface area (Å²) in [6, 6.07) is 0. The van der Waals surface area contributed by atoms with Gasteiger partial charge in [0.05, 0.1) is 6.10 Å². The molecule has 0 aromatic rings. The van der Waals surface area contributed by atoms with Crippen molar-refractivity contribution in [2.24, 2.45) is 29.6 Å². The first kappa shape index (κ1) is 16.0. The van der Waals surface area contributed by atoms with Crippen molar-refractivity contribution in [1.29, 1.82) is 0 Å². The first-order valence-corrected chi connectivity index (χ1v) is 8.03. The molecular weight excluding hydrogens is 220 g/mol. The third-order valence-electron chi connectivity index (χ3n) is 4.67. The topological polar surface area (TPSA) is 9.23 Å². The van der Waals surface area contributed by atoms with Gasteiger partial charge in [-0.25, -0.2) is 0 Å². The molecule has 1 fully saturated rings. The third-order valence-corrected chi connectivity index (χ3v) is 4.67. The molecule has 0 radical (unpaired) electrons. The Kier molecular flexibility index (Phi) is 6.70. The molecule has 0 saturated heterocycles. The highest BCUT2D eigenvalue weighted by molar-refractivity contribution is 4.75. The number of hydrogen-bond acceptors (Lipinski definition) is 1. The molecule has 0 unspecified atom stereocenters. The molecule has 0 bridgehead atoms. The Labute approximate surface area is 115 Å². The van der Waals surface area contributed by atoms with Crippen LogP contribution in [0.5, 0.6) is 0 Å². The van der Waals surface area contributed by atoms with Gasteiger partial charge >= 0.3 is 0 Å². The normalized spacial score (nSPS) is 25.7. The average Bonchev–Trinajstić information content (AvgIpc) is 2.28. The Morgan fingerprint density at radius 2 is 1.33 bits per heavy atom. The van der Waals surface area contributed by atoms with Gasteiger partial charge in [0.1, 0.15) is 0 Å². The van der Waals surface area contributed by atoms with Gasteiger partial charge in [-0.1, -0.05) is 41.5 Å². The Morgan fingerprint density at radius 1 is 0.833 bits per heavy atom. The highest BCUT2D eigenvalue weighted by Gasteiger charge is 2.25. The minimum absolute atomic E-state index is 0.438. The summed E-state index contributed by atoms with van der Waals surface area (Å²) < 4.78 is 6.20. The second-order valence-corrected chi connectivity index (χ2v) is 7.31. The first-order valence-electron chi connectivity index (χ1n) is 8.03. The van der Waals surface area contributed by atoms with Gasteiger partial charge in [-0.05, 0) is 55.3 Å². The fourth-order valence-corrected chi connectivity index (χ4v) is 3.42. The quantitative estimate of drug-likeness (QED) is 0.637. The van der Waals surface area contributed by atoms with Crippen LogP contribution >= 0.6 is 0 Å². The van der Waals surface area contributed by atoms with Crippen LogP contribution in [0.25, 0.3) is 0 Å². The van der Waals surface area contributed by atoms with E-state index < -0.39 is 0 Å². The summed E-state index contributed by atoms with van der Waals surface area (Å²) in [5.74, 6) is 3.92. The molecule has 1 rings (SSSR count). The summed E-state index contributed by atoms with van der Waals surface area (Å²) >= 11 is 0. The predicted octanol–water partition coefficient (Wildman–Crippen LogP) is 5.15. The van der Waals surface area contributed by atoms with Gasteiger partial charge in [0.15, 0.2) is 0 Å². The molecule has 0 atom stereocenters. The minimum atomic E-state index is 0.438. The molecule has 108 valence electrons. The van der Waals surface area contributed by atoms with Crippen LogP contribution in [0.15, 0.2) is 0 Å². The standard InChI is InChI=1S/C17H34O/c1-12(2)16-9-7-15(8-10-16)11-18-17(13(3)4)14(5)6/h12-17H,7-11H2,1-6H3. The monoisotopic (exact) mass is 254 g/mol. The number of hydrogen-bond donors (Lipinski definition) is 0. The summed E-state index contributed by atoms with van der Waals surface area (Å²) in [7, 11) is 0. The Balaban J connectivity index is 2.28. The Bertz CT molecular complexity index is 204. The third kappa shape index (κ3) is 4.91. The van der Waals surface area contributed by atoms with E-state index in [0.29, 0.717) is 17.9 Å². The molecule has 0 spiro atoms. The number of rotatable bonds is 6. The summed E-state index contributed by atoms with van der Waals surface area (Å²) in [5, 5.41) is 0. The second kappa shape index (κ2) is 7.53. The molecule has 1 heteroatoms. The zero-order valence-electron chi connectivity index (χ0n) is 13.4. The molecule has 0 N–H and O–H groups in total. The number of ether oxygens (including phenoxy) is 1. The molecule has 1 nitrogen and oxygen atoms in total. The smallest absolute Gasteiger partial charge is 0.0620 e. The van der Waals surface area contributed by atoms with Crippen molar-refractivity contribution < 1.29 is 4.74 Å². The van der Waals surface area contributed by atoms with Crippen molar-refractivity contribution in [2.45, 2.75) is 73.3 Å². The van der Waals surface area contributed by atoms with Crippen molar-refractivity contribution in [1.82, 2.24) is 0 Å². The van der Waals surface area contributed by atoms with Gasteiger partial charge < -0.3 is 4.74 Å². The summed E-state index contributed by atoms with van der Waals surface area (Å²) in [6.45, 7) is 14.8. The van der Waals surface area contributed by atoms with Gasteiger partial charge in [-0.3, -0.25) is 0 Å². The highest BCUT2D eigenvalue weighted by atomic mass is 16.5. The van der Waals surface area contributed by atoms with E-state index in [1.165, 1.54) is 25.7 Å². The first-order chi connectivity index (χ1) is 8.41. The molecule has 0 amide bonds. The fraction of sp³-hybridized carbons (Fsp3) is 1.00. The zero-order valence-corrected chi connectivity index (χ0v) is 13.4. The van der Waals surface area contributed by atoms with Crippen molar-refractivity contribution in [3.05, 3.63) is 0 Å². The largest absolute Gasteiger partial charge is 0.377 e. The summed E-state index contributed by atoms with van der Waals surface area (Å²) in [6.07, 6.45) is 6.03. The van der Waals surface area contributed by atoms with Crippen LogP contribution in [0.2, 0.25) is 0 Å². The molecule has 0 aliphatic heterocycles. The van der Waals surface area contributed by atoms with E-state index in [1.54, 1.807) is 0 Å². The van der Waals surface area contributed by atoms with Gasteiger partial charge in [0, 0.05) is 6.61 Å². The SMILES string of the molecule is CC(C)C1CCC(COC(C(C)C)C(C)C)CC1. The van der Waals surface area contributed by atoms with Crippen LogP contribution in [0.3, 0.4) is 0 Å². The zero-order chi connectivity index (χ0) is 13.7. The lowest BCUT2D eigenvalue weighted by atomic mass is 9.77. The average molecular weight is 254 g/mol. The molecule has 1 saturated carbocycles. The van der Waals surface area contributed by atoms with Crippen molar-refractivity contribution in [2.75, 3.05) is 6.61 Å². The van der Waals surface area contributed by atoms with Gasteiger partial charge in [-0.2, -0.15) is 0 Å². The van der Waals surface area contributed by atoms with Crippen molar-refractivity contribution in [3.8, 4) is 0 Å². The van der Waals surface area contributed by atoms with Crippen LogP contribution in [0, 0.1) is 29.6 Å². The molecule has 1 aliphatic carbocycles. The minimum Gasteiger partial charge on any atom is -0.377 e. The summed E-state index contributed by atoms with van der Waals surface area (Å²) in [5.41, 5.74) is 0. The molecule has 0 heterocycles. The predicted molar refractivity (Wildman–Crippen MR) is 79.7 cm³/mol. The maximum atomic E-state index is 6.20. The molecule has 18 heavy (non-hydrogen) atoms. The van der Waals surface area contributed by atoms with E-state index in [0.717, 1.165) is 24.4 Å². The lowest BCUT2D eigenvalue weighted by molar-refractivity contribution is -0.0331. The van der Waals surface area contributed by atoms with Crippen LogP contribution in [0.4, 0.5) is 0 Å². The molecule has 0 aromatic heterocycles. The van der Waals surface area contributed by atoms with Crippen LogP contribution in [0.1, 0.15) is 67.2 Å². The van der Waals surface area contributed by atoms with E-state index in [4.69, 9.17) is 4.74 Å². The highest BCUT2D eigenvalue weighted by Crippen LogP contribution is 2.33. The lowest BCUT2D eigenvalue weighted by Gasteiger charge is -2.33. The molecule has 1 aliphatic rings. The van der Waals surface area contributed by atoms with Crippen LogP contribution in [-0.2, 0) is 4.74 Å². The maximum Gasteiger partial charge on any atom is 0.0620 e. The molecular formula is C17H34O. The van der Waals surface area contributed by atoms with E-state index >= 15 is 0 Å². The van der Waals surface area contributed by atoms with E-state index in [9.17, 15) is 0 Å². The van der Waals surface area contributed by atoms with Crippen LogP contribution in [-0.4, -0.2) is 12.7 Å². The van der Waals surface area contributed by atoms with E-state index in [2.05, 4.69) is 41.5 Å². The second-order valence-electron chi connectivity index (χ2n) is 7.31. The van der Waals surface area contributed by atoms with Crippen LogP contribution < -0.4 is 0 Å².